The molecule has 2 aliphatic heterocycles. The molecule has 0 aliphatic carbocycles. The third-order valence-electron chi connectivity index (χ3n) is 5.08. The summed E-state index contributed by atoms with van der Waals surface area (Å²) in [6, 6.07) is 5.64. The van der Waals surface area contributed by atoms with E-state index in [0.29, 0.717) is 12.1 Å². The van der Waals surface area contributed by atoms with E-state index in [-0.39, 0.29) is 0 Å². The van der Waals surface area contributed by atoms with Crippen LogP contribution in [0.2, 0.25) is 0 Å². The SMILES string of the molecule is CC1CN(C)CCC1NC1CCN(c2ccncc2)CC1. The van der Waals surface area contributed by atoms with E-state index in [1.165, 1.54) is 38.0 Å². The van der Waals surface area contributed by atoms with E-state index in [4.69, 9.17) is 0 Å². The fourth-order valence-corrected chi connectivity index (χ4v) is 3.76. The molecule has 0 spiro atoms. The Hall–Kier alpha value is -1.13. The lowest BCUT2D eigenvalue weighted by Crippen LogP contribution is -2.52. The van der Waals surface area contributed by atoms with Crippen LogP contribution in [0.3, 0.4) is 0 Å². The Kier molecular flexibility index (Phi) is 4.76. The Morgan fingerprint density at radius 3 is 2.48 bits per heavy atom. The van der Waals surface area contributed by atoms with Crippen molar-refractivity contribution in [2.45, 2.75) is 38.3 Å². The van der Waals surface area contributed by atoms with E-state index in [9.17, 15) is 0 Å². The molecule has 4 heteroatoms. The smallest absolute Gasteiger partial charge is 0.0397 e. The first-order chi connectivity index (χ1) is 10.2. The van der Waals surface area contributed by atoms with Crippen LogP contribution in [0.4, 0.5) is 5.69 Å². The van der Waals surface area contributed by atoms with Gasteiger partial charge in [0.1, 0.15) is 0 Å². The molecule has 0 amide bonds. The molecule has 1 N–H and O–H groups in total. The standard InChI is InChI=1S/C17H28N4/c1-14-13-20(2)10-7-17(14)19-15-5-11-21(12-6-15)16-3-8-18-9-4-16/h3-4,8-9,14-15,17,19H,5-7,10-13H2,1-2H3. The third kappa shape index (κ3) is 3.74. The van der Waals surface area contributed by atoms with Gasteiger partial charge in [0.05, 0.1) is 0 Å². The molecular formula is C17H28N4. The van der Waals surface area contributed by atoms with Crippen molar-refractivity contribution in [2.24, 2.45) is 5.92 Å². The first-order valence-corrected chi connectivity index (χ1v) is 8.32. The summed E-state index contributed by atoms with van der Waals surface area (Å²) in [5, 5.41) is 3.93. The Bertz CT molecular complexity index is 428. The second-order valence-electron chi connectivity index (χ2n) is 6.77. The van der Waals surface area contributed by atoms with Crippen LogP contribution in [0, 0.1) is 5.92 Å². The quantitative estimate of drug-likeness (QED) is 0.921. The molecule has 1 aromatic rings. The summed E-state index contributed by atoms with van der Waals surface area (Å²) in [5.74, 6) is 0.766. The second-order valence-corrected chi connectivity index (χ2v) is 6.77. The molecule has 3 rings (SSSR count). The van der Waals surface area contributed by atoms with Crippen molar-refractivity contribution >= 4 is 5.69 Å². The average molecular weight is 288 g/mol. The molecule has 116 valence electrons. The summed E-state index contributed by atoms with van der Waals surface area (Å²) in [7, 11) is 2.24. The van der Waals surface area contributed by atoms with Gasteiger partial charge in [-0.25, -0.2) is 0 Å². The molecule has 0 saturated carbocycles. The molecule has 21 heavy (non-hydrogen) atoms. The Morgan fingerprint density at radius 2 is 1.81 bits per heavy atom. The normalized spacial score (nSPS) is 28.8. The van der Waals surface area contributed by atoms with E-state index in [1.807, 2.05) is 12.4 Å². The number of anilines is 1. The number of pyridine rings is 1. The second kappa shape index (κ2) is 6.75. The van der Waals surface area contributed by atoms with Crippen molar-refractivity contribution in [1.29, 1.82) is 0 Å². The highest BCUT2D eigenvalue weighted by Gasteiger charge is 2.27. The van der Waals surface area contributed by atoms with Gasteiger partial charge in [0, 0.05) is 49.8 Å². The maximum atomic E-state index is 4.10. The number of rotatable bonds is 3. The molecule has 0 bridgehead atoms. The molecule has 0 aromatic carbocycles. The predicted octanol–water partition coefficient (Wildman–Crippen LogP) is 1.98. The number of hydrogen-bond donors (Lipinski definition) is 1. The van der Waals surface area contributed by atoms with Crippen molar-refractivity contribution in [2.75, 3.05) is 38.1 Å². The molecule has 2 fully saturated rings. The highest BCUT2D eigenvalue weighted by molar-refractivity contribution is 5.44. The number of piperidine rings is 2. The van der Waals surface area contributed by atoms with Crippen molar-refractivity contribution in [1.82, 2.24) is 15.2 Å². The van der Waals surface area contributed by atoms with Gasteiger partial charge >= 0.3 is 0 Å². The molecule has 3 heterocycles. The third-order valence-corrected chi connectivity index (χ3v) is 5.08. The minimum Gasteiger partial charge on any atom is -0.371 e. The maximum absolute atomic E-state index is 4.10. The molecule has 4 nitrogen and oxygen atoms in total. The Balaban J connectivity index is 1.48. The summed E-state index contributed by atoms with van der Waals surface area (Å²) in [6.45, 7) is 7.16. The molecule has 1 aromatic heterocycles. The van der Waals surface area contributed by atoms with Crippen molar-refractivity contribution < 1.29 is 0 Å². The summed E-state index contributed by atoms with van der Waals surface area (Å²) in [4.78, 5) is 9.04. The van der Waals surface area contributed by atoms with E-state index in [1.54, 1.807) is 0 Å². The summed E-state index contributed by atoms with van der Waals surface area (Å²) < 4.78 is 0. The lowest BCUT2D eigenvalue weighted by Gasteiger charge is -2.40. The van der Waals surface area contributed by atoms with Crippen LogP contribution in [0.5, 0.6) is 0 Å². The van der Waals surface area contributed by atoms with E-state index in [0.717, 1.165) is 19.0 Å². The lowest BCUT2D eigenvalue weighted by molar-refractivity contribution is 0.161. The van der Waals surface area contributed by atoms with Gasteiger partial charge in [0.2, 0.25) is 0 Å². The molecule has 2 saturated heterocycles. The molecule has 0 radical (unpaired) electrons. The van der Waals surface area contributed by atoms with Crippen LogP contribution in [0.1, 0.15) is 26.2 Å². The number of hydrogen-bond acceptors (Lipinski definition) is 4. The van der Waals surface area contributed by atoms with Gasteiger partial charge in [0.25, 0.3) is 0 Å². The van der Waals surface area contributed by atoms with Crippen molar-refractivity contribution in [3.8, 4) is 0 Å². The summed E-state index contributed by atoms with van der Waals surface area (Å²) in [5.41, 5.74) is 1.32. The largest absolute Gasteiger partial charge is 0.371 e. The van der Waals surface area contributed by atoms with Crippen LogP contribution >= 0.6 is 0 Å². The van der Waals surface area contributed by atoms with Gasteiger partial charge in [-0.2, -0.15) is 0 Å². The summed E-state index contributed by atoms with van der Waals surface area (Å²) in [6.07, 6.45) is 7.57. The predicted molar refractivity (Wildman–Crippen MR) is 87.7 cm³/mol. The first kappa shape index (κ1) is 14.8. The van der Waals surface area contributed by atoms with Gasteiger partial charge in [-0.05, 0) is 50.9 Å². The van der Waals surface area contributed by atoms with Crippen molar-refractivity contribution in [3.63, 3.8) is 0 Å². The zero-order valence-corrected chi connectivity index (χ0v) is 13.3. The Labute approximate surface area is 128 Å². The fourth-order valence-electron chi connectivity index (χ4n) is 3.76. The molecule has 2 atom stereocenters. The van der Waals surface area contributed by atoms with Crippen LogP contribution in [-0.2, 0) is 0 Å². The van der Waals surface area contributed by atoms with Crippen LogP contribution in [0.15, 0.2) is 24.5 Å². The average Bonchev–Trinajstić information content (AvgIpc) is 2.52. The van der Waals surface area contributed by atoms with Crippen LogP contribution < -0.4 is 10.2 Å². The molecule has 2 unspecified atom stereocenters. The minimum absolute atomic E-state index is 0.693. The zero-order valence-electron chi connectivity index (χ0n) is 13.3. The van der Waals surface area contributed by atoms with Gasteiger partial charge in [0.15, 0.2) is 0 Å². The monoisotopic (exact) mass is 288 g/mol. The number of likely N-dealkylation sites (tertiary alicyclic amines) is 1. The van der Waals surface area contributed by atoms with Crippen LogP contribution in [0.25, 0.3) is 0 Å². The topological polar surface area (TPSA) is 31.4 Å². The number of nitrogens with zero attached hydrogens (tertiary/aromatic N) is 3. The highest BCUT2D eigenvalue weighted by Crippen LogP contribution is 2.22. The number of nitrogens with one attached hydrogen (secondary N) is 1. The van der Waals surface area contributed by atoms with E-state index >= 15 is 0 Å². The van der Waals surface area contributed by atoms with Gasteiger partial charge in [-0.3, -0.25) is 4.98 Å². The van der Waals surface area contributed by atoms with Crippen LogP contribution in [-0.4, -0.2) is 55.2 Å². The zero-order chi connectivity index (χ0) is 14.7. The molecular weight excluding hydrogens is 260 g/mol. The minimum atomic E-state index is 0.693. The maximum Gasteiger partial charge on any atom is 0.0397 e. The van der Waals surface area contributed by atoms with E-state index in [2.05, 4.69) is 46.2 Å². The van der Waals surface area contributed by atoms with Gasteiger partial charge < -0.3 is 15.1 Å². The van der Waals surface area contributed by atoms with Crippen molar-refractivity contribution in [3.05, 3.63) is 24.5 Å². The van der Waals surface area contributed by atoms with Gasteiger partial charge in [-0.15, -0.1) is 0 Å². The Morgan fingerprint density at radius 1 is 1.10 bits per heavy atom. The number of aromatic nitrogens is 1. The first-order valence-electron chi connectivity index (χ1n) is 8.32. The molecule has 2 aliphatic rings. The lowest BCUT2D eigenvalue weighted by atomic mass is 9.92. The fraction of sp³-hybridized carbons (Fsp3) is 0.706. The van der Waals surface area contributed by atoms with Gasteiger partial charge in [-0.1, -0.05) is 6.92 Å². The highest BCUT2D eigenvalue weighted by atomic mass is 15.2. The summed E-state index contributed by atoms with van der Waals surface area (Å²) >= 11 is 0. The van der Waals surface area contributed by atoms with E-state index < -0.39 is 0 Å².